The van der Waals surface area contributed by atoms with Gasteiger partial charge in [0.15, 0.2) is 0 Å². The van der Waals surface area contributed by atoms with Crippen LogP contribution in [0.1, 0.15) is 20.8 Å². The van der Waals surface area contributed by atoms with Crippen LogP contribution in [0.4, 0.5) is 0 Å². The molecule has 135 valence electrons. The Morgan fingerprint density at radius 3 is 0.840 bits per heavy atom. The summed E-state index contributed by atoms with van der Waals surface area (Å²) in [5, 5.41) is 24.1. The van der Waals surface area contributed by atoms with Gasteiger partial charge in [-0.2, -0.15) is 0 Å². The van der Waals surface area contributed by atoms with Gasteiger partial charge in [0.05, 0.1) is 0 Å². The van der Waals surface area contributed by atoms with Crippen LogP contribution < -0.4 is 0 Å². The third-order valence-electron chi connectivity index (χ3n) is 1.63. The minimum Gasteiger partial charge on any atom is -0.478 e. The summed E-state index contributed by atoms with van der Waals surface area (Å²) >= 11 is 0. The van der Waals surface area contributed by atoms with E-state index in [1.165, 1.54) is 18.2 Å². The molecule has 0 aliphatic carbocycles. The van der Waals surface area contributed by atoms with Crippen molar-refractivity contribution in [3.8, 4) is 0 Å². The van der Waals surface area contributed by atoms with Crippen LogP contribution in [0.15, 0.2) is 72.9 Å². The van der Waals surface area contributed by atoms with E-state index in [0.29, 0.717) is 0 Å². The number of hydrogen-bond acceptors (Lipinski definition) is 3. The van der Waals surface area contributed by atoms with E-state index in [1.807, 2.05) is 20.8 Å². The fraction of sp³-hybridized carbons (Fsp3) is 0.167. The van der Waals surface area contributed by atoms with Gasteiger partial charge in [0.25, 0.3) is 0 Å². The molecule has 0 saturated carbocycles. The number of rotatable bonds is 6. The van der Waals surface area contributed by atoms with E-state index < -0.39 is 17.9 Å². The van der Waals surface area contributed by atoms with Gasteiger partial charge in [-0.15, -0.1) is 0 Å². The smallest absolute Gasteiger partial charge is 0.328 e. The average Bonchev–Trinajstić information content (AvgIpc) is 2.48. The van der Waals surface area contributed by atoms with Crippen molar-refractivity contribution in [2.75, 3.05) is 0 Å². The van der Waals surface area contributed by atoms with Gasteiger partial charge >= 0.3 is 17.9 Å². The second-order valence-electron chi connectivity index (χ2n) is 3.67. The predicted molar refractivity (Wildman–Crippen MR) is 94.8 cm³/mol. The van der Waals surface area contributed by atoms with Crippen molar-refractivity contribution in [1.82, 2.24) is 0 Å². The third-order valence-corrected chi connectivity index (χ3v) is 1.63. The summed E-state index contributed by atoms with van der Waals surface area (Å²) in [5.74, 6) is -2.74. The quantitative estimate of drug-likeness (QED) is 0.443. The average molecular weight is 425 g/mol. The van der Waals surface area contributed by atoms with E-state index in [1.54, 1.807) is 36.5 Å². The van der Waals surface area contributed by atoms with Gasteiger partial charge in [0.1, 0.15) is 0 Å². The Kier molecular flexibility index (Phi) is 33.1. The molecule has 0 bridgehead atoms. The first-order valence-corrected chi connectivity index (χ1v) is 6.88. The zero-order chi connectivity index (χ0) is 19.2. The molecule has 0 heterocycles. The molecule has 0 aromatic carbocycles. The summed E-state index contributed by atoms with van der Waals surface area (Å²) < 4.78 is 0. The maximum absolute atomic E-state index is 9.75. The van der Waals surface area contributed by atoms with Crippen LogP contribution >= 0.6 is 0 Å². The van der Waals surface area contributed by atoms with Crippen molar-refractivity contribution >= 4 is 17.9 Å². The fourth-order valence-corrected chi connectivity index (χ4v) is 0.747. The van der Waals surface area contributed by atoms with Gasteiger partial charge in [-0.05, 0) is 20.8 Å². The fourth-order valence-electron chi connectivity index (χ4n) is 0.747. The minimum atomic E-state index is -0.914. The van der Waals surface area contributed by atoms with Crippen molar-refractivity contribution in [3.05, 3.63) is 72.9 Å². The van der Waals surface area contributed by atoms with E-state index >= 15 is 0 Å². The molecule has 0 rings (SSSR count). The Morgan fingerprint density at radius 2 is 0.720 bits per heavy atom. The van der Waals surface area contributed by atoms with E-state index in [0.717, 1.165) is 18.2 Å². The standard InChI is InChI=1S/3C6H8O2.Y/c3*1-2-3-4-5-6(7)8;/h3*2-5H,1H3,(H,7,8);/b3*3-2+,5-4+;. The predicted octanol–water partition coefficient (Wildman–Crippen LogP) is 3.61. The van der Waals surface area contributed by atoms with Crippen LogP contribution in [0.25, 0.3) is 0 Å². The largest absolute Gasteiger partial charge is 0.478 e. The van der Waals surface area contributed by atoms with Crippen LogP contribution in [-0.2, 0) is 47.1 Å². The molecule has 0 saturated heterocycles. The van der Waals surface area contributed by atoms with Crippen molar-refractivity contribution in [2.45, 2.75) is 20.8 Å². The third kappa shape index (κ3) is 52.1. The van der Waals surface area contributed by atoms with Crippen molar-refractivity contribution < 1.29 is 62.4 Å². The zero-order valence-electron chi connectivity index (χ0n) is 14.6. The van der Waals surface area contributed by atoms with Crippen molar-refractivity contribution in [2.24, 2.45) is 0 Å². The number of carboxylic acids is 3. The summed E-state index contributed by atoms with van der Waals surface area (Å²) in [5.41, 5.74) is 0. The molecule has 0 aromatic heterocycles. The minimum absolute atomic E-state index is 0. The maximum Gasteiger partial charge on any atom is 0.328 e. The topological polar surface area (TPSA) is 112 Å². The molecule has 0 aliphatic heterocycles. The molecule has 7 heteroatoms. The van der Waals surface area contributed by atoms with Gasteiger partial charge < -0.3 is 15.3 Å². The summed E-state index contributed by atoms with van der Waals surface area (Å²) in [6.45, 7) is 5.48. The Hall–Kier alpha value is -2.05. The second-order valence-corrected chi connectivity index (χ2v) is 3.67. The van der Waals surface area contributed by atoms with E-state index in [9.17, 15) is 14.4 Å². The number of carbonyl (C=O) groups is 3. The number of hydrogen-bond donors (Lipinski definition) is 3. The second kappa shape index (κ2) is 26.8. The molecule has 0 aliphatic rings. The van der Waals surface area contributed by atoms with E-state index in [2.05, 4.69) is 0 Å². The summed E-state index contributed by atoms with van der Waals surface area (Å²) in [4.78, 5) is 29.3. The van der Waals surface area contributed by atoms with Gasteiger partial charge in [-0.3, -0.25) is 0 Å². The molecule has 0 aromatic rings. The molecule has 0 fully saturated rings. The van der Waals surface area contributed by atoms with Crippen LogP contribution in [-0.4, -0.2) is 33.2 Å². The van der Waals surface area contributed by atoms with Gasteiger partial charge in [0.2, 0.25) is 0 Å². The summed E-state index contributed by atoms with van der Waals surface area (Å²) in [6, 6.07) is 0. The summed E-state index contributed by atoms with van der Waals surface area (Å²) in [7, 11) is 0. The van der Waals surface area contributed by atoms with E-state index in [-0.39, 0.29) is 32.7 Å². The molecule has 25 heavy (non-hydrogen) atoms. The zero-order valence-corrected chi connectivity index (χ0v) is 17.4. The molecule has 1 radical (unpaired) electrons. The molecule has 0 amide bonds. The molecule has 0 atom stereocenters. The Balaban J connectivity index is -0.000000130. The Morgan fingerprint density at radius 1 is 0.520 bits per heavy atom. The molecule has 3 N–H and O–H groups in total. The van der Waals surface area contributed by atoms with Gasteiger partial charge in [-0.1, -0.05) is 54.7 Å². The number of aliphatic carboxylic acids is 3. The molecule has 0 unspecified atom stereocenters. The van der Waals surface area contributed by atoms with Crippen molar-refractivity contribution in [1.29, 1.82) is 0 Å². The molecule has 6 nitrogen and oxygen atoms in total. The van der Waals surface area contributed by atoms with E-state index in [4.69, 9.17) is 15.3 Å². The normalized spacial score (nSPS) is 10.7. The van der Waals surface area contributed by atoms with Crippen LogP contribution in [0.3, 0.4) is 0 Å². The van der Waals surface area contributed by atoms with Crippen molar-refractivity contribution in [3.63, 3.8) is 0 Å². The Bertz CT molecular complexity index is 450. The first-order chi connectivity index (χ1) is 11.3. The van der Waals surface area contributed by atoms with Gasteiger partial charge in [-0.25, -0.2) is 14.4 Å². The first-order valence-electron chi connectivity index (χ1n) is 6.88. The van der Waals surface area contributed by atoms with Gasteiger partial charge in [0, 0.05) is 50.9 Å². The maximum atomic E-state index is 9.75. The Labute approximate surface area is 173 Å². The van der Waals surface area contributed by atoms with Crippen LogP contribution in [0.2, 0.25) is 0 Å². The first kappa shape index (κ1) is 30.8. The molecular formula is C18H24O6Y. The van der Waals surface area contributed by atoms with Crippen LogP contribution in [0.5, 0.6) is 0 Å². The summed E-state index contributed by atoms with van der Waals surface area (Å²) in [6.07, 6.45) is 17.9. The number of carboxylic acid groups (broad SMARTS) is 3. The molecular weight excluding hydrogens is 401 g/mol. The van der Waals surface area contributed by atoms with Crippen LogP contribution in [0, 0.1) is 0 Å². The number of allylic oxidation sites excluding steroid dienone is 9. The molecule has 0 spiro atoms. The SMILES string of the molecule is C/C=C/C=C/C(=O)O.C/C=C/C=C/C(=O)O.C/C=C/C=C/C(=O)O.[Y]. The monoisotopic (exact) mass is 425 g/mol.